The molecule has 0 aliphatic rings. The molecule has 0 aromatic carbocycles. The molecule has 13 nitrogen and oxygen atoms in total. The molecule has 182 valence electrons. The van der Waals surface area contributed by atoms with E-state index < -0.39 is 59.7 Å². The lowest BCUT2D eigenvalue weighted by Crippen LogP contribution is -2.57. The zero-order valence-corrected chi connectivity index (χ0v) is 18.9. The smallest absolute Gasteiger partial charge is 0.327 e. The van der Waals surface area contributed by atoms with Crippen molar-refractivity contribution in [3.63, 3.8) is 0 Å². The van der Waals surface area contributed by atoms with Crippen molar-refractivity contribution < 1.29 is 33.9 Å². The average molecular weight is 477 g/mol. The minimum atomic E-state index is -1.34. The minimum absolute atomic E-state index is 0.170. The lowest BCUT2D eigenvalue weighted by Gasteiger charge is -2.25. The van der Waals surface area contributed by atoms with Crippen molar-refractivity contribution in [3.8, 4) is 0 Å². The second-order valence-electron chi connectivity index (χ2n) is 7.48. The maximum Gasteiger partial charge on any atom is 0.327 e. The fourth-order valence-corrected chi connectivity index (χ4v) is 2.66. The van der Waals surface area contributed by atoms with Crippen molar-refractivity contribution in [3.05, 3.63) is 0 Å². The summed E-state index contributed by atoms with van der Waals surface area (Å²) < 4.78 is 0. The zero-order chi connectivity index (χ0) is 25.0. The van der Waals surface area contributed by atoms with E-state index in [1.54, 1.807) is 13.8 Å². The first-order chi connectivity index (χ1) is 14.8. The second-order valence-corrected chi connectivity index (χ2v) is 7.85. The van der Waals surface area contributed by atoms with E-state index in [0.29, 0.717) is 0 Å². The fourth-order valence-electron chi connectivity index (χ4n) is 2.41. The van der Waals surface area contributed by atoms with E-state index in [4.69, 9.17) is 22.3 Å². The molecule has 0 saturated heterocycles. The second kappa shape index (κ2) is 14.2. The highest BCUT2D eigenvalue weighted by Gasteiger charge is 2.30. The summed E-state index contributed by atoms with van der Waals surface area (Å²) >= 11 is 3.85. The largest absolute Gasteiger partial charge is 0.480 e. The van der Waals surface area contributed by atoms with Crippen molar-refractivity contribution >= 4 is 48.1 Å². The van der Waals surface area contributed by atoms with Crippen molar-refractivity contribution in [1.29, 1.82) is 0 Å². The van der Waals surface area contributed by atoms with Crippen molar-refractivity contribution in [2.45, 2.75) is 63.7 Å². The predicted molar refractivity (Wildman–Crippen MR) is 117 cm³/mol. The maximum atomic E-state index is 12.8. The summed E-state index contributed by atoms with van der Waals surface area (Å²) in [5.41, 5.74) is 16.0. The number of carboxylic acid groups (broad SMARTS) is 1. The molecule has 10 N–H and O–H groups in total. The summed E-state index contributed by atoms with van der Waals surface area (Å²) in [4.78, 5) is 71.0. The van der Waals surface area contributed by atoms with Crippen LogP contribution in [0.2, 0.25) is 0 Å². The summed E-state index contributed by atoms with van der Waals surface area (Å²) in [7, 11) is 0. The third-order valence-corrected chi connectivity index (χ3v) is 4.81. The average Bonchev–Trinajstić information content (AvgIpc) is 2.70. The van der Waals surface area contributed by atoms with Crippen LogP contribution in [-0.2, 0) is 28.8 Å². The van der Waals surface area contributed by atoms with Crippen LogP contribution in [0.25, 0.3) is 0 Å². The van der Waals surface area contributed by atoms with Gasteiger partial charge in [0.25, 0.3) is 0 Å². The van der Waals surface area contributed by atoms with Crippen LogP contribution < -0.4 is 33.2 Å². The number of hydrogen-bond acceptors (Lipinski definition) is 8. The molecule has 4 unspecified atom stereocenters. The van der Waals surface area contributed by atoms with Crippen molar-refractivity contribution in [1.82, 2.24) is 16.0 Å². The molecule has 0 aliphatic heterocycles. The molecule has 0 fully saturated rings. The van der Waals surface area contributed by atoms with Gasteiger partial charge < -0.3 is 38.3 Å². The van der Waals surface area contributed by atoms with E-state index >= 15 is 0 Å². The van der Waals surface area contributed by atoms with Gasteiger partial charge in [-0.05, 0) is 18.8 Å². The van der Waals surface area contributed by atoms with Gasteiger partial charge in [0.15, 0.2) is 0 Å². The van der Waals surface area contributed by atoms with E-state index in [9.17, 15) is 28.8 Å². The number of carbonyl (C=O) groups excluding carboxylic acids is 5. The molecule has 0 radical (unpaired) electrons. The van der Waals surface area contributed by atoms with Gasteiger partial charge in [-0.25, -0.2) is 4.79 Å². The number of carbonyl (C=O) groups is 6. The standard InChI is InChI=1S/C18H32N6O7S/c1-8(2)14(21)17(29)23-10(4-6-13(20)26)15(27)22-9(3-5-12(19)25)16(28)24-11(7-32)18(30)31/h8-11,14,32H,3-7,21H2,1-2H3,(H2,19,25)(H2,20,26)(H,22,27)(H,23,29)(H,24,28)(H,30,31). The SMILES string of the molecule is CC(C)C(N)C(=O)NC(CCC(N)=O)C(=O)NC(CCC(N)=O)C(=O)NC(CS)C(=O)O. The van der Waals surface area contributed by atoms with Gasteiger partial charge >= 0.3 is 5.97 Å². The van der Waals surface area contributed by atoms with Crippen molar-refractivity contribution in [2.75, 3.05) is 5.75 Å². The Hall–Kier alpha value is -2.87. The van der Waals surface area contributed by atoms with Crippen LogP contribution in [-0.4, -0.2) is 70.5 Å². The molecule has 0 aromatic rings. The summed E-state index contributed by atoms with van der Waals surface area (Å²) in [5.74, 6) is -5.65. The minimum Gasteiger partial charge on any atom is -0.480 e. The number of nitrogens with one attached hydrogen (secondary N) is 3. The lowest BCUT2D eigenvalue weighted by molar-refractivity contribution is -0.141. The van der Waals surface area contributed by atoms with Crippen LogP contribution in [0.15, 0.2) is 0 Å². The van der Waals surface area contributed by atoms with E-state index in [0.717, 1.165) is 0 Å². The number of carboxylic acids is 1. The monoisotopic (exact) mass is 476 g/mol. The molecule has 5 amide bonds. The Morgan fingerprint density at radius 2 is 1.16 bits per heavy atom. The topological polar surface area (TPSA) is 237 Å². The summed E-state index contributed by atoms with van der Waals surface area (Å²) in [5, 5.41) is 16.0. The van der Waals surface area contributed by atoms with Crippen LogP contribution >= 0.6 is 12.6 Å². The molecule has 0 spiro atoms. The number of amides is 5. The molecule has 0 aliphatic carbocycles. The third kappa shape index (κ3) is 10.9. The van der Waals surface area contributed by atoms with Crippen LogP contribution in [0, 0.1) is 5.92 Å². The molecule has 0 saturated carbocycles. The molecular weight excluding hydrogens is 444 g/mol. The summed E-state index contributed by atoms with van der Waals surface area (Å²) in [6, 6.07) is -4.87. The molecule has 4 atom stereocenters. The van der Waals surface area contributed by atoms with Gasteiger partial charge in [0.05, 0.1) is 6.04 Å². The Morgan fingerprint density at radius 1 is 0.781 bits per heavy atom. The normalized spacial score (nSPS) is 14.5. The predicted octanol–water partition coefficient (Wildman–Crippen LogP) is -3.03. The number of primary amides is 2. The van der Waals surface area contributed by atoms with Gasteiger partial charge in [-0.2, -0.15) is 12.6 Å². The van der Waals surface area contributed by atoms with Gasteiger partial charge in [0.2, 0.25) is 29.5 Å². The van der Waals surface area contributed by atoms with Crippen LogP contribution in [0.3, 0.4) is 0 Å². The fraction of sp³-hybridized carbons (Fsp3) is 0.667. The van der Waals surface area contributed by atoms with E-state index in [1.165, 1.54) is 0 Å². The molecule has 14 heteroatoms. The van der Waals surface area contributed by atoms with Gasteiger partial charge in [0.1, 0.15) is 18.1 Å². The van der Waals surface area contributed by atoms with Gasteiger partial charge in [0, 0.05) is 18.6 Å². The first-order valence-corrected chi connectivity index (χ1v) is 10.5. The summed E-state index contributed by atoms with van der Waals surface area (Å²) in [6.07, 6.45) is -0.925. The Morgan fingerprint density at radius 3 is 1.47 bits per heavy atom. The van der Waals surface area contributed by atoms with Gasteiger partial charge in [-0.15, -0.1) is 0 Å². The highest BCUT2D eigenvalue weighted by atomic mass is 32.1. The molecule has 0 aromatic heterocycles. The van der Waals surface area contributed by atoms with Crippen LogP contribution in [0.1, 0.15) is 39.5 Å². The summed E-state index contributed by atoms with van der Waals surface area (Å²) in [6.45, 7) is 3.40. The zero-order valence-electron chi connectivity index (χ0n) is 18.0. The highest BCUT2D eigenvalue weighted by molar-refractivity contribution is 7.80. The number of hydrogen-bond donors (Lipinski definition) is 8. The van der Waals surface area contributed by atoms with E-state index in [1.807, 2.05) is 0 Å². The number of thiol groups is 1. The van der Waals surface area contributed by atoms with Crippen molar-refractivity contribution in [2.24, 2.45) is 23.1 Å². The van der Waals surface area contributed by atoms with Crippen LogP contribution in [0.4, 0.5) is 0 Å². The first kappa shape index (κ1) is 29.1. The Bertz CT molecular complexity index is 718. The Labute approximate surface area is 191 Å². The highest BCUT2D eigenvalue weighted by Crippen LogP contribution is 2.05. The Balaban J connectivity index is 5.55. The van der Waals surface area contributed by atoms with Gasteiger partial charge in [-0.3, -0.25) is 24.0 Å². The molecule has 0 heterocycles. The molecule has 0 bridgehead atoms. The van der Waals surface area contributed by atoms with E-state index in [-0.39, 0.29) is 37.4 Å². The maximum absolute atomic E-state index is 12.8. The van der Waals surface area contributed by atoms with E-state index in [2.05, 4.69) is 28.6 Å². The third-order valence-electron chi connectivity index (χ3n) is 4.44. The van der Waals surface area contributed by atoms with Crippen LogP contribution in [0.5, 0.6) is 0 Å². The quantitative estimate of drug-likeness (QED) is 0.113. The number of aliphatic carboxylic acids is 1. The number of nitrogens with two attached hydrogens (primary N) is 3. The molecule has 0 rings (SSSR count). The molecular formula is C18H32N6O7S. The number of rotatable bonds is 15. The molecule has 32 heavy (non-hydrogen) atoms. The van der Waals surface area contributed by atoms with Gasteiger partial charge in [-0.1, -0.05) is 13.8 Å². The lowest BCUT2D eigenvalue weighted by atomic mass is 10.0. The Kier molecular flexibility index (Phi) is 13.0. The first-order valence-electron chi connectivity index (χ1n) is 9.87.